The van der Waals surface area contributed by atoms with E-state index in [9.17, 15) is 4.79 Å². The maximum Gasteiger partial charge on any atom is 0.224 e. The van der Waals surface area contributed by atoms with E-state index in [2.05, 4.69) is 26.6 Å². The van der Waals surface area contributed by atoms with Crippen LogP contribution in [-0.2, 0) is 4.79 Å². The molecule has 1 amide bonds. The number of benzene rings is 1. The first kappa shape index (κ1) is 16.7. The molecule has 0 radical (unpaired) electrons. The maximum atomic E-state index is 11.5. The van der Waals surface area contributed by atoms with Crippen molar-refractivity contribution in [1.82, 2.24) is 5.32 Å². The van der Waals surface area contributed by atoms with Gasteiger partial charge >= 0.3 is 0 Å². The van der Waals surface area contributed by atoms with Crippen LogP contribution in [0.15, 0.2) is 22.7 Å². The molecule has 0 bridgehead atoms. The van der Waals surface area contributed by atoms with E-state index < -0.39 is 0 Å². The van der Waals surface area contributed by atoms with E-state index in [1.807, 2.05) is 7.05 Å². The number of hydrogen-bond acceptors (Lipinski definition) is 2. The summed E-state index contributed by atoms with van der Waals surface area (Å²) in [7, 11) is 1.87. The van der Waals surface area contributed by atoms with Gasteiger partial charge in [-0.25, -0.2) is 0 Å². The summed E-state index contributed by atoms with van der Waals surface area (Å²) in [6.07, 6.45) is 1.35. The van der Waals surface area contributed by atoms with Gasteiger partial charge in [0.05, 0.1) is 5.02 Å². The van der Waals surface area contributed by atoms with Crippen LogP contribution in [0.5, 0.6) is 0 Å². The normalized spacial score (nSPS) is 9.59. The van der Waals surface area contributed by atoms with Crippen LogP contribution in [0.4, 0.5) is 5.69 Å². The third kappa shape index (κ3) is 6.27. The van der Waals surface area contributed by atoms with Crippen LogP contribution >= 0.6 is 39.9 Å². The monoisotopic (exact) mass is 340 g/mol. The van der Waals surface area contributed by atoms with Crippen molar-refractivity contribution >= 4 is 51.5 Å². The second kappa shape index (κ2) is 8.75. The van der Waals surface area contributed by atoms with Crippen molar-refractivity contribution in [3.8, 4) is 0 Å². The fourth-order valence-corrected chi connectivity index (χ4v) is 1.72. The Bertz CT molecular complexity index is 374. The summed E-state index contributed by atoms with van der Waals surface area (Å²) in [5.41, 5.74) is 0.755. The number of halogens is 3. The molecule has 96 valence electrons. The molecule has 0 unspecified atom stereocenters. The van der Waals surface area contributed by atoms with Crippen LogP contribution in [0.1, 0.15) is 12.8 Å². The Morgan fingerprint density at radius 3 is 2.76 bits per heavy atom. The smallest absolute Gasteiger partial charge is 0.224 e. The van der Waals surface area contributed by atoms with E-state index in [4.69, 9.17) is 11.6 Å². The van der Waals surface area contributed by atoms with Crippen molar-refractivity contribution in [1.29, 1.82) is 0 Å². The molecule has 6 heteroatoms. The highest BCUT2D eigenvalue weighted by Gasteiger charge is 2.03. The number of anilines is 1. The minimum Gasteiger partial charge on any atom is -0.326 e. The molecule has 0 aromatic heterocycles. The third-order valence-electron chi connectivity index (χ3n) is 2.03. The fourth-order valence-electron chi connectivity index (χ4n) is 1.22. The van der Waals surface area contributed by atoms with Crippen LogP contribution in [0, 0.1) is 0 Å². The Morgan fingerprint density at radius 1 is 1.47 bits per heavy atom. The Balaban J connectivity index is 0.00000256. The van der Waals surface area contributed by atoms with Gasteiger partial charge in [-0.15, -0.1) is 12.4 Å². The van der Waals surface area contributed by atoms with E-state index in [1.54, 1.807) is 18.2 Å². The van der Waals surface area contributed by atoms with Gasteiger partial charge in [0.2, 0.25) is 5.91 Å². The molecule has 17 heavy (non-hydrogen) atoms. The Labute approximate surface area is 121 Å². The SMILES string of the molecule is CNCCCC(=O)Nc1ccc(Cl)c(Br)c1.Cl. The van der Waals surface area contributed by atoms with Gasteiger partial charge in [-0.1, -0.05) is 11.6 Å². The van der Waals surface area contributed by atoms with Crippen molar-refractivity contribution in [3.63, 3.8) is 0 Å². The van der Waals surface area contributed by atoms with Crippen molar-refractivity contribution in [3.05, 3.63) is 27.7 Å². The lowest BCUT2D eigenvalue weighted by atomic mass is 10.2. The molecule has 1 aromatic rings. The number of hydrogen-bond donors (Lipinski definition) is 2. The predicted octanol–water partition coefficient (Wildman–Crippen LogP) is 3.46. The van der Waals surface area contributed by atoms with Crippen LogP contribution < -0.4 is 10.6 Å². The summed E-state index contributed by atoms with van der Waals surface area (Å²) in [4.78, 5) is 11.5. The number of amides is 1. The van der Waals surface area contributed by atoms with Crippen molar-refractivity contribution < 1.29 is 4.79 Å². The van der Waals surface area contributed by atoms with Gasteiger partial charge in [-0.3, -0.25) is 4.79 Å². The first-order chi connectivity index (χ1) is 7.63. The van der Waals surface area contributed by atoms with Gasteiger partial charge in [-0.2, -0.15) is 0 Å². The van der Waals surface area contributed by atoms with Gasteiger partial charge in [0.1, 0.15) is 0 Å². The molecule has 0 heterocycles. The van der Waals surface area contributed by atoms with Gasteiger partial charge in [0.15, 0.2) is 0 Å². The average molecular weight is 342 g/mol. The van der Waals surface area contributed by atoms with Crippen molar-refractivity contribution in [2.45, 2.75) is 12.8 Å². The first-order valence-electron chi connectivity index (χ1n) is 5.03. The quantitative estimate of drug-likeness (QED) is 0.805. The molecule has 0 aliphatic carbocycles. The Hall–Kier alpha value is -0.290. The maximum absolute atomic E-state index is 11.5. The largest absolute Gasteiger partial charge is 0.326 e. The summed E-state index contributed by atoms with van der Waals surface area (Å²) in [5, 5.41) is 6.44. The van der Waals surface area contributed by atoms with Crippen molar-refractivity contribution in [2.24, 2.45) is 0 Å². The number of nitrogens with one attached hydrogen (secondary N) is 2. The molecule has 2 N–H and O–H groups in total. The molecule has 1 rings (SSSR count). The molecule has 0 aliphatic heterocycles. The van der Waals surface area contributed by atoms with E-state index in [1.165, 1.54) is 0 Å². The third-order valence-corrected chi connectivity index (χ3v) is 3.25. The molecule has 0 atom stereocenters. The lowest BCUT2D eigenvalue weighted by molar-refractivity contribution is -0.116. The van der Waals surface area contributed by atoms with Crippen LogP contribution in [-0.4, -0.2) is 19.5 Å². The number of carbonyl (C=O) groups is 1. The second-order valence-electron chi connectivity index (χ2n) is 3.38. The summed E-state index contributed by atoms with van der Waals surface area (Å²) in [6, 6.07) is 5.32. The molecule has 1 aromatic carbocycles. The predicted molar refractivity (Wildman–Crippen MR) is 78.2 cm³/mol. The molecule has 3 nitrogen and oxygen atoms in total. The fraction of sp³-hybridized carbons (Fsp3) is 0.364. The first-order valence-corrected chi connectivity index (χ1v) is 6.20. The number of carbonyl (C=O) groups excluding carboxylic acids is 1. The highest BCUT2D eigenvalue weighted by Crippen LogP contribution is 2.25. The molecule has 0 fully saturated rings. The lowest BCUT2D eigenvalue weighted by Gasteiger charge is -2.06. The molecule has 0 spiro atoms. The Morgan fingerprint density at radius 2 is 2.18 bits per heavy atom. The highest BCUT2D eigenvalue weighted by molar-refractivity contribution is 9.10. The second-order valence-corrected chi connectivity index (χ2v) is 4.65. The summed E-state index contributed by atoms with van der Waals surface area (Å²) >= 11 is 9.16. The average Bonchev–Trinajstić information content (AvgIpc) is 2.24. The van der Waals surface area contributed by atoms with Gasteiger partial charge < -0.3 is 10.6 Å². The van der Waals surface area contributed by atoms with E-state index >= 15 is 0 Å². The summed E-state index contributed by atoms with van der Waals surface area (Å²) in [6.45, 7) is 0.845. The van der Waals surface area contributed by atoms with Crippen LogP contribution in [0.3, 0.4) is 0 Å². The van der Waals surface area contributed by atoms with E-state index in [0.29, 0.717) is 11.4 Å². The van der Waals surface area contributed by atoms with Crippen molar-refractivity contribution in [2.75, 3.05) is 18.9 Å². The standard InChI is InChI=1S/C11H14BrClN2O.ClH/c1-14-6-2-3-11(16)15-8-4-5-10(13)9(12)7-8;/h4-5,7,14H,2-3,6H2,1H3,(H,15,16);1H. The zero-order chi connectivity index (χ0) is 12.0. The van der Waals surface area contributed by atoms with Crippen LogP contribution in [0.2, 0.25) is 5.02 Å². The molecular formula is C11H15BrCl2N2O. The van der Waals surface area contributed by atoms with Gasteiger partial charge in [-0.05, 0) is 54.1 Å². The van der Waals surface area contributed by atoms with E-state index in [-0.39, 0.29) is 18.3 Å². The zero-order valence-electron chi connectivity index (χ0n) is 9.43. The van der Waals surface area contributed by atoms with Crippen LogP contribution in [0.25, 0.3) is 0 Å². The molecule has 0 aliphatic rings. The molecule has 0 saturated heterocycles. The highest BCUT2D eigenvalue weighted by atomic mass is 79.9. The molecule has 0 saturated carbocycles. The summed E-state index contributed by atoms with van der Waals surface area (Å²) < 4.78 is 0.780. The lowest BCUT2D eigenvalue weighted by Crippen LogP contribution is -2.15. The van der Waals surface area contributed by atoms with Gasteiger partial charge in [0.25, 0.3) is 0 Å². The van der Waals surface area contributed by atoms with E-state index in [0.717, 1.165) is 23.1 Å². The Kier molecular flexibility index (Phi) is 8.60. The summed E-state index contributed by atoms with van der Waals surface area (Å²) in [5.74, 6) is 0.0180. The van der Waals surface area contributed by atoms with Gasteiger partial charge in [0, 0.05) is 16.6 Å². The zero-order valence-corrected chi connectivity index (χ0v) is 12.6. The minimum atomic E-state index is 0. The number of rotatable bonds is 5. The minimum absolute atomic E-state index is 0. The topological polar surface area (TPSA) is 41.1 Å². The molecular weight excluding hydrogens is 327 g/mol.